The Balaban J connectivity index is 3.03. The van der Waals surface area contributed by atoms with Gasteiger partial charge in [-0.15, -0.1) is 0 Å². The van der Waals surface area contributed by atoms with Gasteiger partial charge in [-0.3, -0.25) is 9.78 Å². The summed E-state index contributed by atoms with van der Waals surface area (Å²) in [4.78, 5) is 21.5. The summed E-state index contributed by atoms with van der Waals surface area (Å²) in [6.45, 7) is 1.65. The van der Waals surface area contributed by atoms with Crippen LogP contribution in [0.3, 0.4) is 0 Å². The summed E-state index contributed by atoms with van der Waals surface area (Å²) in [6.07, 6.45) is 2.63. The van der Waals surface area contributed by atoms with Gasteiger partial charge in [-0.25, -0.2) is 4.98 Å². The highest BCUT2D eigenvalue weighted by Gasteiger charge is 2.05. The third-order valence-electron chi connectivity index (χ3n) is 1.72. The number of aromatic amines is 1. The zero-order valence-electron chi connectivity index (χ0n) is 6.90. The molecule has 0 saturated carbocycles. The van der Waals surface area contributed by atoms with E-state index in [1.807, 2.05) is 0 Å². The first-order valence-electron chi connectivity index (χ1n) is 3.72. The molecule has 0 bridgehead atoms. The standard InChI is InChI=1S/C8H7N3O2/c1-4-10-7-5(8(13)11-4)2-9-3-6(7)12/h2-3,12H,1H3,(H,10,11,13). The van der Waals surface area contributed by atoms with E-state index in [2.05, 4.69) is 15.0 Å². The summed E-state index contributed by atoms with van der Waals surface area (Å²) in [5, 5.41) is 9.64. The lowest BCUT2D eigenvalue weighted by Crippen LogP contribution is -2.09. The molecular weight excluding hydrogens is 170 g/mol. The van der Waals surface area contributed by atoms with E-state index in [4.69, 9.17) is 0 Å². The molecule has 0 fully saturated rings. The largest absolute Gasteiger partial charge is 0.504 e. The molecule has 2 heterocycles. The minimum Gasteiger partial charge on any atom is -0.504 e. The molecule has 2 rings (SSSR count). The van der Waals surface area contributed by atoms with E-state index in [0.717, 1.165) is 0 Å². The fourth-order valence-corrected chi connectivity index (χ4v) is 1.15. The fourth-order valence-electron chi connectivity index (χ4n) is 1.15. The molecule has 0 aliphatic rings. The van der Waals surface area contributed by atoms with Crippen molar-refractivity contribution in [2.75, 3.05) is 0 Å². The summed E-state index contributed by atoms with van der Waals surface area (Å²) >= 11 is 0. The van der Waals surface area contributed by atoms with Crippen molar-refractivity contribution in [2.45, 2.75) is 6.92 Å². The lowest BCUT2D eigenvalue weighted by atomic mass is 10.3. The SMILES string of the molecule is Cc1nc2c(O)cncc2c(=O)[nH]1. The van der Waals surface area contributed by atoms with Crippen molar-refractivity contribution in [3.63, 3.8) is 0 Å². The Morgan fingerprint density at radius 3 is 3.00 bits per heavy atom. The van der Waals surface area contributed by atoms with E-state index in [9.17, 15) is 9.90 Å². The maximum atomic E-state index is 11.3. The first-order valence-corrected chi connectivity index (χ1v) is 3.72. The highest BCUT2D eigenvalue weighted by molar-refractivity contribution is 5.81. The minimum absolute atomic E-state index is 0.0771. The molecular formula is C8H7N3O2. The number of aryl methyl sites for hydroxylation is 1. The van der Waals surface area contributed by atoms with Crippen LogP contribution in [0.5, 0.6) is 5.75 Å². The van der Waals surface area contributed by atoms with Crippen LogP contribution in [0.15, 0.2) is 17.2 Å². The number of rotatable bonds is 0. The molecule has 5 heteroatoms. The van der Waals surface area contributed by atoms with Gasteiger partial charge in [-0.1, -0.05) is 0 Å². The fraction of sp³-hybridized carbons (Fsp3) is 0.125. The van der Waals surface area contributed by atoms with Gasteiger partial charge < -0.3 is 10.1 Å². The average molecular weight is 177 g/mol. The van der Waals surface area contributed by atoms with E-state index in [1.54, 1.807) is 6.92 Å². The van der Waals surface area contributed by atoms with Gasteiger partial charge in [0.2, 0.25) is 0 Å². The Labute approximate surface area is 73.1 Å². The lowest BCUT2D eigenvalue weighted by molar-refractivity contribution is 0.477. The Bertz CT molecular complexity index is 518. The Kier molecular flexibility index (Phi) is 1.51. The maximum absolute atomic E-state index is 11.3. The van der Waals surface area contributed by atoms with Crippen LogP contribution >= 0.6 is 0 Å². The van der Waals surface area contributed by atoms with Crippen LogP contribution in [0.25, 0.3) is 10.9 Å². The summed E-state index contributed by atoms with van der Waals surface area (Å²) in [7, 11) is 0. The van der Waals surface area contributed by atoms with Crippen LogP contribution < -0.4 is 5.56 Å². The Hall–Kier alpha value is -1.91. The van der Waals surface area contributed by atoms with Gasteiger partial charge in [-0.05, 0) is 6.92 Å². The van der Waals surface area contributed by atoms with Crippen molar-refractivity contribution in [3.8, 4) is 5.75 Å². The molecule has 0 spiro atoms. The predicted molar refractivity (Wildman–Crippen MR) is 46.6 cm³/mol. The Morgan fingerprint density at radius 2 is 2.23 bits per heavy atom. The number of fused-ring (bicyclic) bond motifs is 1. The van der Waals surface area contributed by atoms with E-state index >= 15 is 0 Å². The highest BCUT2D eigenvalue weighted by atomic mass is 16.3. The quantitative estimate of drug-likeness (QED) is 0.607. The molecule has 0 aliphatic heterocycles. The van der Waals surface area contributed by atoms with E-state index < -0.39 is 0 Å². The van der Waals surface area contributed by atoms with Crippen LogP contribution in [0.1, 0.15) is 5.82 Å². The van der Waals surface area contributed by atoms with Crippen molar-refractivity contribution >= 4 is 10.9 Å². The number of hydrogen-bond acceptors (Lipinski definition) is 4. The molecule has 2 N–H and O–H groups in total. The van der Waals surface area contributed by atoms with Crippen LogP contribution in [0, 0.1) is 6.92 Å². The van der Waals surface area contributed by atoms with Gasteiger partial charge >= 0.3 is 0 Å². The molecule has 2 aromatic heterocycles. The van der Waals surface area contributed by atoms with Gasteiger partial charge in [0, 0.05) is 6.20 Å². The van der Waals surface area contributed by atoms with Crippen molar-refractivity contribution in [1.82, 2.24) is 15.0 Å². The number of aromatic hydroxyl groups is 1. The van der Waals surface area contributed by atoms with Gasteiger partial charge in [0.25, 0.3) is 5.56 Å². The van der Waals surface area contributed by atoms with Crippen LogP contribution in [0.4, 0.5) is 0 Å². The highest BCUT2D eigenvalue weighted by Crippen LogP contribution is 2.16. The zero-order valence-corrected chi connectivity index (χ0v) is 6.90. The smallest absolute Gasteiger partial charge is 0.260 e. The second-order valence-corrected chi connectivity index (χ2v) is 2.71. The number of nitrogens with one attached hydrogen (secondary N) is 1. The topological polar surface area (TPSA) is 78.9 Å². The first-order chi connectivity index (χ1) is 6.18. The third kappa shape index (κ3) is 1.14. The molecule has 0 amide bonds. The second-order valence-electron chi connectivity index (χ2n) is 2.71. The lowest BCUT2D eigenvalue weighted by Gasteiger charge is -1.98. The zero-order chi connectivity index (χ0) is 9.42. The Morgan fingerprint density at radius 1 is 1.46 bits per heavy atom. The number of H-pyrrole nitrogens is 1. The molecule has 0 saturated heterocycles. The van der Waals surface area contributed by atoms with E-state index in [-0.39, 0.29) is 16.8 Å². The summed E-state index contributed by atoms with van der Waals surface area (Å²) in [5.41, 5.74) is 0.00199. The van der Waals surface area contributed by atoms with Gasteiger partial charge in [0.1, 0.15) is 11.3 Å². The summed E-state index contributed by atoms with van der Waals surface area (Å²) in [5.74, 6) is 0.394. The molecule has 0 radical (unpaired) electrons. The molecule has 2 aromatic rings. The first kappa shape index (κ1) is 7.72. The number of pyridine rings is 1. The van der Waals surface area contributed by atoms with Gasteiger partial charge in [0.15, 0.2) is 5.75 Å². The normalized spacial score (nSPS) is 10.5. The van der Waals surface area contributed by atoms with Crippen molar-refractivity contribution in [2.24, 2.45) is 0 Å². The van der Waals surface area contributed by atoms with E-state index in [0.29, 0.717) is 11.2 Å². The van der Waals surface area contributed by atoms with Gasteiger partial charge in [0.05, 0.1) is 11.6 Å². The van der Waals surface area contributed by atoms with Crippen molar-refractivity contribution in [1.29, 1.82) is 0 Å². The van der Waals surface area contributed by atoms with Crippen LogP contribution in [-0.2, 0) is 0 Å². The monoisotopic (exact) mass is 177 g/mol. The summed E-state index contributed by atoms with van der Waals surface area (Å²) < 4.78 is 0. The van der Waals surface area contributed by atoms with Crippen molar-refractivity contribution in [3.05, 3.63) is 28.6 Å². The number of nitrogens with zero attached hydrogens (tertiary/aromatic N) is 2. The number of aromatic nitrogens is 3. The molecule has 13 heavy (non-hydrogen) atoms. The maximum Gasteiger partial charge on any atom is 0.260 e. The van der Waals surface area contributed by atoms with Crippen LogP contribution in [0.2, 0.25) is 0 Å². The van der Waals surface area contributed by atoms with Crippen LogP contribution in [-0.4, -0.2) is 20.1 Å². The summed E-state index contributed by atoms with van der Waals surface area (Å²) in [6, 6.07) is 0. The van der Waals surface area contributed by atoms with Gasteiger partial charge in [-0.2, -0.15) is 0 Å². The molecule has 5 nitrogen and oxygen atoms in total. The molecule has 0 aliphatic carbocycles. The predicted octanol–water partition coefficient (Wildman–Crippen LogP) is 0.332. The molecule has 0 unspecified atom stereocenters. The second kappa shape index (κ2) is 2.55. The van der Waals surface area contributed by atoms with Crippen molar-refractivity contribution < 1.29 is 5.11 Å². The third-order valence-corrected chi connectivity index (χ3v) is 1.72. The average Bonchev–Trinajstić information content (AvgIpc) is 2.07. The minimum atomic E-state index is -0.286. The number of hydrogen-bond donors (Lipinski definition) is 2. The van der Waals surface area contributed by atoms with E-state index in [1.165, 1.54) is 12.4 Å². The molecule has 0 aromatic carbocycles. The molecule has 66 valence electrons. The molecule has 0 atom stereocenters.